The van der Waals surface area contributed by atoms with Gasteiger partial charge in [0.2, 0.25) is 0 Å². The molecule has 0 fully saturated rings. The van der Waals surface area contributed by atoms with Crippen LogP contribution in [0, 0.1) is 0 Å². The van der Waals surface area contributed by atoms with E-state index in [1.165, 1.54) is 15.9 Å². The summed E-state index contributed by atoms with van der Waals surface area (Å²) in [6, 6.07) is 35.6. The van der Waals surface area contributed by atoms with Gasteiger partial charge in [-0.3, -0.25) is 0 Å². The second-order valence-corrected chi connectivity index (χ2v) is 13.3. The third kappa shape index (κ3) is 3.12. The van der Waals surface area contributed by atoms with Crippen LogP contribution in [0.4, 0.5) is 0 Å². The van der Waals surface area contributed by atoms with Gasteiger partial charge in [-0.15, -0.1) is 0 Å². The number of benzene rings is 3. The molecule has 0 spiro atoms. The minimum absolute atomic E-state index is 0.785. The van der Waals surface area contributed by atoms with Crippen LogP contribution < -0.4 is 15.9 Å². The Morgan fingerprint density at radius 3 is 1.41 bits per heavy atom. The summed E-state index contributed by atoms with van der Waals surface area (Å²) in [4.78, 5) is 0. The van der Waals surface area contributed by atoms with Gasteiger partial charge < -0.3 is 0 Å². The van der Waals surface area contributed by atoms with Gasteiger partial charge in [0, 0.05) is 0 Å². The topological polar surface area (TPSA) is 13.1 Å². The van der Waals surface area contributed by atoms with Gasteiger partial charge in [0.1, 0.15) is 0 Å². The molecule has 0 saturated carbocycles. The first-order chi connectivity index (χ1) is 13.2. The van der Waals surface area contributed by atoms with Crippen molar-refractivity contribution < 1.29 is 4.42 Å². The van der Waals surface area contributed by atoms with Crippen molar-refractivity contribution in [3.8, 4) is 0 Å². The molecule has 0 N–H and O–H groups in total. The molecule has 0 aliphatic rings. The number of aryl methyl sites for hydroxylation is 1. The van der Waals surface area contributed by atoms with Gasteiger partial charge in [-0.2, -0.15) is 0 Å². The van der Waals surface area contributed by atoms with Gasteiger partial charge in [0.05, 0.1) is 0 Å². The molecule has 3 aromatic carbocycles. The molecule has 0 bridgehead atoms. The quantitative estimate of drug-likeness (QED) is 0.394. The van der Waals surface area contributed by atoms with E-state index in [0.717, 1.165) is 18.3 Å². The molecular weight excluding hydrogens is 371 g/mol. The van der Waals surface area contributed by atoms with Crippen LogP contribution in [-0.2, 0) is 6.42 Å². The third-order valence-electron chi connectivity index (χ3n) is 5.24. The first-order valence-electron chi connectivity index (χ1n) is 9.14. The zero-order valence-electron chi connectivity index (χ0n) is 15.0. The van der Waals surface area contributed by atoms with E-state index >= 15 is 0 Å². The maximum atomic E-state index is 7.98. The third-order valence-corrected chi connectivity index (χ3v) is 12.7. The first kappa shape index (κ1) is 18.0. The van der Waals surface area contributed by atoms with Gasteiger partial charge >= 0.3 is 165 Å². The second-order valence-electron chi connectivity index (χ2n) is 6.74. The van der Waals surface area contributed by atoms with E-state index in [1.807, 2.05) is 30.3 Å². The van der Waals surface area contributed by atoms with E-state index in [-0.39, 0.29) is 0 Å². The molecule has 1 heterocycles. The molecule has 0 saturated heterocycles. The van der Waals surface area contributed by atoms with Crippen LogP contribution in [0.1, 0.15) is 5.76 Å². The molecule has 136 valence electrons. The average molecular weight is 393 g/mol. The Bertz CT molecular complexity index is 883. The van der Waals surface area contributed by atoms with Crippen LogP contribution in [0.15, 0.2) is 114 Å². The fraction of sp³-hybridized carbons (Fsp3) is 0.0833. The summed E-state index contributed by atoms with van der Waals surface area (Å²) in [5.41, 5.74) is 0. The van der Waals surface area contributed by atoms with Crippen LogP contribution in [0.3, 0.4) is 0 Å². The molecule has 3 heteroatoms. The van der Waals surface area contributed by atoms with E-state index in [2.05, 4.69) is 72.8 Å². The molecule has 0 unspecified atom stereocenters. The fourth-order valence-electron chi connectivity index (χ4n) is 3.83. The van der Waals surface area contributed by atoms with Crippen LogP contribution in [0.2, 0.25) is 0 Å². The first-order valence-corrected chi connectivity index (χ1v) is 12.5. The Balaban J connectivity index is 1.99. The summed E-state index contributed by atoms with van der Waals surface area (Å²) in [5, 5.41) is 3.57. The van der Waals surface area contributed by atoms with Crippen molar-refractivity contribution in [3.05, 3.63) is 115 Å². The summed E-state index contributed by atoms with van der Waals surface area (Å²) >= 11 is 7.98. The summed E-state index contributed by atoms with van der Waals surface area (Å²) in [6.07, 6.45) is 3.32. The van der Waals surface area contributed by atoms with Crippen molar-refractivity contribution in [2.75, 3.05) is 6.16 Å². The molecule has 0 aliphatic carbocycles. The van der Waals surface area contributed by atoms with Crippen molar-refractivity contribution in [2.45, 2.75) is 6.42 Å². The minimum atomic E-state index is -3.18. The summed E-state index contributed by atoms with van der Waals surface area (Å²) in [5.74, 6) is -2.21. The SMILES string of the molecule is ClP(CCc1ccco1)(c1ccccc1)(c1ccccc1)c1ccccc1. The number of furan rings is 1. The standard InChI is InChI=1S/C24H22ClOP/c25-27(22-12-4-1-5-13-22,23-14-6-2-7-15-23,24-16-8-3-9-17-24)20-18-21-11-10-19-26-21/h1-17,19H,18,20H2. The average Bonchev–Trinajstić information content (AvgIpc) is 3.28. The van der Waals surface area contributed by atoms with Crippen LogP contribution in [0.25, 0.3) is 0 Å². The van der Waals surface area contributed by atoms with Gasteiger partial charge in [-0.05, 0) is 0 Å². The van der Waals surface area contributed by atoms with Crippen molar-refractivity contribution in [1.82, 2.24) is 0 Å². The molecule has 27 heavy (non-hydrogen) atoms. The van der Waals surface area contributed by atoms with Gasteiger partial charge in [-0.1, -0.05) is 0 Å². The fourth-order valence-corrected chi connectivity index (χ4v) is 9.78. The van der Waals surface area contributed by atoms with Gasteiger partial charge in [-0.25, -0.2) is 0 Å². The van der Waals surface area contributed by atoms with E-state index in [1.54, 1.807) is 6.26 Å². The Morgan fingerprint density at radius 2 is 1.04 bits per heavy atom. The predicted molar refractivity (Wildman–Crippen MR) is 118 cm³/mol. The van der Waals surface area contributed by atoms with E-state index in [0.29, 0.717) is 0 Å². The molecule has 1 aromatic heterocycles. The number of halogens is 1. The molecule has 0 radical (unpaired) electrons. The summed E-state index contributed by atoms with van der Waals surface area (Å²) in [7, 11) is 0. The van der Waals surface area contributed by atoms with Crippen LogP contribution in [-0.4, -0.2) is 6.16 Å². The zero-order chi connectivity index (χ0) is 18.6. The van der Waals surface area contributed by atoms with Crippen molar-refractivity contribution in [2.24, 2.45) is 0 Å². The second kappa shape index (κ2) is 7.35. The normalized spacial score (nSPS) is 13.0. The Morgan fingerprint density at radius 1 is 0.593 bits per heavy atom. The number of hydrogen-bond acceptors (Lipinski definition) is 1. The molecule has 4 aromatic rings. The van der Waals surface area contributed by atoms with Gasteiger partial charge in [0.15, 0.2) is 0 Å². The van der Waals surface area contributed by atoms with Gasteiger partial charge in [0.25, 0.3) is 0 Å². The number of hydrogen-bond donors (Lipinski definition) is 0. The Labute approximate surface area is 165 Å². The number of rotatable bonds is 6. The molecule has 0 amide bonds. The van der Waals surface area contributed by atoms with Crippen LogP contribution >= 0.6 is 17.2 Å². The molecular formula is C24H22ClOP. The van der Waals surface area contributed by atoms with E-state index in [9.17, 15) is 0 Å². The zero-order valence-corrected chi connectivity index (χ0v) is 16.7. The predicted octanol–water partition coefficient (Wildman–Crippen LogP) is 5.51. The monoisotopic (exact) mass is 392 g/mol. The van der Waals surface area contributed by atoms with Crippen molar-refractivity contribution in [3.63, 3.8) is 0 Å². The summed E-state index contributed by atoms with van der Waals surface area (Å²) < 4.78 is 5.64. The van der Waals surface area contributed by atoms with Crippen molar-refractivity contribution >= 4 is 33.1 Å². The molecule has 0 aliphatic heterocycles. The van der Waals surface area contributed by atoms with E-state index in [4.69, 9.17) is 15.7 Å². The van der Waals surface area contributed by atoms with Crippen LogP contribution in [0.5, 0.6) is 0 Å². The maximum absolute atomic E-state index is 7.98. The Hall–Kier alpha value is -2.34. The molecule has 4 rings (SSSR count). The molecule has 1 nitrogen and oxygen atoms in total. The van der Waals surface area contributed by atoms with E-state index < -0.39 is 5.96 Å². The molecule has 0 atom stereocenters. The summed E-state index contributed by atoms with van der Waals surface area (Å²) in [6.45, 7) is 0. The Kier molecular flexibility index (Phi) is 4.91. The van der Waals surface area contributed by atoms with Crippen molar-refractivity contribution in [1.29, 1.82) is 0 Å².